The molecule has 0 aromatic heterocycles. The third-order valence-electron chi connectivity index (χ3n) is 2.45. The van der Waals surface area contributed by atoms with Crippen molar-refractivity contribution in [3.05, 3.63) is 58.1 Å². The van der Waals surface area contributed by atoms with Crippen molar-refractivity contribution in [2.24, 2.45) is 0 Å². The number of rotatable bonds is 4. The summed E-state index contributed by atoms with van der Waals surface area (Å²) in [5.41, 5.74) is 1.29. The van der Waals surface area contributed by atoms with Gasteiger partial charge in [-0.2, -0.15) is 0 Å². The van der Waals surface area contributed by atoms with Crippen LogP contribution >= 0.6 is 15.9 Å². The molecule has 0 unspecified atom stereocenters. The Morgan fingerprint density at radius 3 is 2.61 bits per heavy atom. The molecule has 2 aromatic rings. The van der Waals surface area contributed by atoms with Crippen LogP contribution in [0.3, 0.4) is 0 Å². The van der Waals surface area contributed by atoms with E-state index in [1.807, 2.05) is 12.1 Å². The average Bonchev–Trinajstić information content (AvgIpc) is 2.41. The SMILES string of the molecule is O=Cc1ccc(Oc2ccccc2CO)c(Br)c1. The van der Waals surface area contributed by atoms with Gasteiger partial charge in [-0.25, -0.2) is 0 Å². The maximum Gasteiger partial charge on any atom is 0.150 e. The molecule has 1 N–H and O–H groups in total. The standard InChI is InChI=1S/C14H11BrO3/c15-12-7-10(8-16)5-6-14(12)18-13-4-2-1-3-11(13)9-17/h1-8,17H,9H2. The number of ether oxygens (including phenoxy) is 1. The first-order valence-electron chi connectivity index (χ1n) is 5.36. The lowest BCUT2D eigenvalue weighted by atomic mass is 10.2. The second-order valence-corrected chi connectivity index (χ2v) is 4.53. The molecule has 0 atom stereocenters. The Morgan fingerprint density at radius 1 is 1.17 bits per heavy atom. The molecule has 18 heavy (non-hydrogen) atoms. The molecule has 4 heteroatoms. The summed E-state index contributed by atoms with van der Waals surface area (Å²) in [7, 11) is 0. The van der Waals surface area contributed by atoms with Crippen molar-refractivity contribution in [2.45, 2.75) is 6.61 Å². The van der Waals surface area contributed by atoms with E-state index >= 15 is 0 Å². The van der Waals surface area contributed by atoms with Gasteiger partial charge in [-0.3, -0.25) is 4.79 Å². The zero-order valence-electron chi connectivity index (χ0n) is 9.47. The number of aliphatic hydroxyl groups is 1. The van der Waals surface area contributed by atoms with E-state index in [2.05, 4.69) is 15.9 Å². The molecule has 0 heterocycles. The van der Waals surface area contributed by atoms with Crippen LogP contribution in [-0.2, 0) is 6.61 Å². The van der Waals surface area contributed by atoms with E-state index in [1.165, 1.54) is 0 Å². The van der Waals surface area contributed by atoms with Crippen LogP contribution in [0.25, 0.3) is 0 Å². The molecule has 0 saturated carbocycles. The van der Waals surface area contributed by atoms with E-state index in [-0.39, 0.29) is 6.61 Å². The summed E-state index contributed by atoms with van der Waals surface area (Å²) in [4.78, 5) is 10.6. The second-order valence-electron chi connectivity index (χ2n) is 3.68. The summed E-state index contributed by atoms with van der Waals surface area (Å²) in [5, 5.41) is 9.21. The Labute approximate surface area is 113 Å². The second kappa shape index (κ2) is 5.80. The van der Waals surface area contributed by atoms with Crippen molar-refractivity contribution in [3.8, 4) is 11.5 Å². The number of hydrogen-bond acceptors (Lipinski definition) is 3. The van der Waals surface area contributed by atoms with E-state index in [0.29, 0.717) is 27.1 Å². The van der Waals surface area contributed by atoms with E-state index in [9.17, 15) is 9.90 Å². The molecular formula is C14H11BrO3. The largest absolute Gasteiger partial charge is 0.456 e. The van der Waals surface area contributed by atoms with E-state index in [0.717, 1.165) is 6.29 Å². The van der Waals surface area contributed by atoms with Gasteiger partial charge in [-0.1, -0.05) is 18.2 Å². The van der Waals surface area contributed by atoms with Crippen molar-refractivity contribution < 1.29 is 14.6 Å². The molecule has 0 aliphatic rings. The molecule has 2 rings (SSSR count). The maximum absolute atomic E-state index is 10.6. The summed E-state index contributed by atoms with van der Waals surface area (Å²) >= 11 is 3.35. The van der Waals surface area contributed by atoms with E-state index < -0.39 is 0 Å². The highest BCUT2D eigenvalue weighted by Crippen LogP contribution is 2.31. The van der Waals surface area contributed by atoms with Gasteiger partial charge >= 0.3 is 0 Å². The monoisotopic (exact) mass is 306 g/mol. The zero-order valence-corrected chi connectivity index (χ0v) is 11.1. The number of aldehydes is 1. The number of benzene rings is 2. The molecule has 0 aliphatic heterocycles. The quantitative estimate of drug-likeness (QED) is 0.879. The average molecular weight is 307 g/mol. The Hall–Kier alpha value is -1.65. The lowest BCUT2D eigenvalue weighted by Gasteiger charge is -2.11. The summed E-state index contributed by atoms with van der Waals surface area (Å²) in [6.07, 6.45) is 0.774. The molecule has 0 bridgehead atoms. The fraction of sp³-hybridized carbons (Fsp3) is 0.0714. The smallest absolute Gasteiger partial charge is 0.150 e. The molecule has 92 valence electrons. The van der Waals surface area contributed by atoms with Gasteiger partial charge in [0, 0.05) is 11.1 Å². The van der Waals surface area contributed by atoms with E-state index in [4.69, 9.17) is 4.74 Å². The lowest BCUT2D eigenvalue weighted by Crippen LogP contribution is -1.92. The first-order valence-corrected chi connectivity index (χ1v) is 6.15. The molecule has 0 radical (unpaired) electrons. The molecule has 2 aromatic carbocycles. The predicted octanol–water partition coefficient (Wildman–Crippen LogP) is 3.55. The van der Waals surface area contributed by atoms with Gasteiger partial charge in [0.25, 0.3) is 0 Å². The highest BCUT2D eigenvalue weighted by Gasteiger charge is 2.07. The minimum atomic E-state index is -0.0831. The van der Waals surface area contributed by atoms with Crippen LogP contribution in [0.4, 0.5) is 0 Å². The normalized spacial score (nSPS) is 10.1. The molecular weight excluding hydrogens is 296 g/mol. The fourth-order valence-electron chi connectivity index (χ4n) is 1.53. The molecule has 0 amide bonds. The zero-order chi connectivity index (χ0) is 13.0. The molecule has 0 fully saturated rings. The molecule has 0 saturated heterocycles. The van der Waals surface area contributed by atoms with Gasteiger partial charge in [0.15, 0.2) is 0 Å². The van der Waals surface area contributed by atoms with Gasteiger partial charge < -0.3 is 9.84 Å². The van der Waals surface area contributed by atoms with Crippen LogP contribution in [0.5, 0.6) is 11.5 Å². The number of para-hydroxylation sites is 1. The van der Waals surface area contributed by atoms with Crippen molar-refractivity contribution in [1.82, 2.24) is 0 Å². The van der Waals surface area contributed by atoms with Crippen molar-refractivity contribution >= 4 is 22.2 Å². The third-order valence-corrected chi connectivity index (χ3v) is 3.07. The van der Waals surface area contributed by atoms with Crippen LogP contribution in [0.1, 0.15) is 15.9 Å². The van der Waals surface area contributed by atoms with E-state index in [1.54, 1.807) is 30.3 Å². The summed E-state index contributed by atoms with van der Waals surface area (Å²) < 4.78 is 6.40. The number of halogens is 1. The Bertz CT molecular complexity index is 567. The first-order chi connectivity index (χ1) is 8.74. The lowest BCUT2D eigenvalue weighted by molar-refractivity contribution is 0.112. The molecule has 3 nitrogen and oxygen atoms in total. The predicted molar refractivity (Wildman–Crippen MR) is 72.0 cm³/mol. The first kappa shape index (κ1) is 12.8. The van der Waals surface area contributed by atoms with Crippen LogP contribution in [-0.4, -0.2) is 11.4 Å². The highest BCUT2D eigenvalue weighted by molar-refractivity contribution is 9.10. The third kappa shape index (κ3) is 2.78. The molecule has 0 spiro atoms. The summed E-state index contributed by atoms with van der Waals surface area (Å²) in [5.74, 6) is 1.20. The Morgan fingerprint density at radius 2 is 1.94 bits per heavy atom. The summed E-state index contributed by atoms with van der Waals surface area (Å²) in [6.45, 7) is -0.0831. The maximum atomic E-state index is 10.6. The Kier molecular flexibility index (Phi) is 4.12. The van der Waals surface area contributed by atoms with Crippen LogP contribution < -0.4 is 4.74 Å². The Balaban J connectivity index is 2.31. The topological polar surface area (TPSA) is 46.5 Å². The number of aliphatic hydroxyl groups excluding tert-OH is 1. The molecule has 0 aliphatic carbocycles. The highest BCUT2D eigenvalue weighted by atomic mass is 79.9. The van der Waals surface area contributed by atoms with Gasteiger partial charge in [0.05, 0.1) is 11.1 Å². The number of carbonyl (C=O) groups excluding carboxylic acids is 1. The fourth-order valence-corrected chi connectivity index (χ4v) is 2.00. The van der Waals surface area contributed by atoms with Gasteiger partial charge in [0.2, 0.25) is 0 Å². The van der Waals surface area contributed by atoms with Crippen LogP contribution in [0.15, 0.2) is 46.9 Å². The van der Waals surface area contributed by atoms with Gasteiger partial charge in [-0.05, 0) is 40.2 Å². The van der Waals surface area contributed by atoms with Crippen molar-refractivity contribution in [3.63, 3.8) is 0 Å². The van der Waals surface area contributed by atoms with Crippen molar-refractivity contribution in [2.75, 3.05) is 0 Å². The number of carbonyl (C=O) groups is 1. The minimum absolute atomic E-state index is 0.0831. The van der Waals surface area contributed by atoms with Gasteiger partial charge in [-0.15, -0.1) is 0 Å². The minimum Gasteiger partial charge on any atom is -0.456 e. The van der Waals surface area contributed by atoms with Crippen LogP contribution in [0.2, 0.25) is 0 Å². The summed E-state index contributed by atoms with van der Waals surface area (Å²) in [6, 6.07) is 12.3. The van der Waals surface area contributed by atoms with Crippen LogP contribution in [0, 0.1) is 0 Å². The van der Waals surface area contributed by atoms with Crippen molar-refractivity contribution in [1.29, 1.82) is 0 Å². The van der Waals surface area contributed by atoms with Gasteiger partial charge in [0.1, 0.15) is 17.8 Å². The number of hydrogen-bond donors (Lipinski definition) is 1.